The van der Waals surface area contributed by atoms with Crippen LogP contribution in [0.2, 0.25) is 0 Å². The van der Waals surface area contributed by atoms with Crippen LogP contribution in [0.15, 0.2) is 47.1 Å². The van der Waals surface area contributed by atoms with Crippen molar-refractivity contribution in [3.8, 4) is 11.5 Å². The van der Waals surface area contributed by atoms with Crippen LogP contribution in [0.5, 0.6) is 11.5 Å². The lowest BCUT2D eigenvalue weighted by molar-refractivity contribution is 0.0561. The predicted octanol–water partition coefficient (Wildman–Crippen LogP) is 7.98. The Morgan fingerprint density at radius 2 is 1.62 bits per heavy atom. The maximum atomic E-state index is 9.80. The molecule has 2 heteroatoms. The number of phenolic OH excluding ortho intramolecular Hbond substituents is 1. The Labute approximate surface area is 178 Å². The van der Waals surface area contributed by atoms with Crippen molar-refractivity contribution in [2.75, 3.05) is 0 Å². The van der Waals surface area contributed by atoms with Crippen LogP contribution in [0.25, 0.3) is 0 Å². The van der Waals surface area contributed by atoms with Gasteiger partial charge in [-0.05, 0) is 116 Å². The van der Waals surface area contributed by atoms with E-state index < -0.39 is 0 Å². The molecule has 1 aliphatic rings. The molecule has 1 aliphatic heterocycles. The first kappa shape index (κ1) is 23.3. The van der Waals surface area contributed by atoms with Crippen LogP contribution in [-0.4, -0.2) is 10.7 Å². The molecule has 1 atom stereocenters. The summed E-state index contributed by atoms with van der Waals surface area (Å²) in [5, 5.41) is 9.80. The minimum atomic E-state index is -0.118. The Hall–Kier alpha value is -1.96. The Kier molecular flexibility index (Phi) is 8.61. The fraction of sp³-hybridized carbons (Fsp3) is 0.556. The number of ether oxygens (including phenoxy) is 1. The monoisotopic (exact) mass is 396 g/mol. The lowest BCUT2D eigenvalue weighted by Crippen LogP contribution is -2.36. The number of allylic oxidation sites excluding steroid dienone is 6. The van der Waals surface area contributed by atoms with Crippen LogP contribution < -0.4 is 4.74 Å². The third-order valence-corrected chi connectivity index (χ3v) is 5.90. The highest BCUT2D eigenvalue weighted by Crippen LogP contribution is 2.39. The summed E-state index contributed by atoms with van der Waals surface area (Å²) in [5.41, 5.74) is 6.43. The van der Waals surface area contributed by atoms with Gasteiger partial charge >= 0.3 is 0 Å². The second-order valence-electron chi connectivity index (χ2n) is 9.30. The Morgan fingerprint density at radius 1 is 1.00 bits per heavy atom. The van der Waals surface area contributed by atoms with Gasteiger partial charge in [-0.3, -0.25) is 0 Å². The van der Waals surface area contributed by atoms with Gasteiger partial charge in [-0.25, -0.2) is 0 Å². The Morgan fingerprint density at radius 3 is 2.28 bits per heavy atom. The van der Waals surface area contributed by atoms with Crippen LogP contribution in [0.1, 0.15) is 90.7 Å². The van der Waals surface area contributed by atoms with Crippen molar-refractivity contribution in [3.63, 3.8) is 0 Å². The molecule has 2 rings (SSSR count). The second-order valence-corrected chi connectivity index (χ2v) is 9.30. The summed E-state index contributed by atoms with van der Waals surface area (Å²) in [6, 6.07) is 3.64. The Bertz CT molecular complexity index is 778. The van der Waals surface area contributed by atoms with Crippen LogP contribution in [0, 0.1) is 6.92 Å². The van der Waals surface area contributed by atoms with Crippen molar-refractivity contribution in [1.29, 1.82) is 0 Å². The molecule has 0 aromatic heterocycles. The second kappa shape index (κ2) is 10.7. The number of hydrogen-bond acceptors (Lipinski definition) is 2. The number of phenols is 1. The summed E-state index contributed by atoms with van der Waals surface area (Å²) in [7, 11) is 0. The zero-order chi connectivity index (χ0) is 21.4. The molecule has 0 amide bonds. The van der Waals surface area contributed by atoms with E-state index in [1.165, 1.54) is 23.1 Å². The standard InChI is InChI=1S/C27H40O2/c1-20(2)10-7-11-21(3)12-8-13-22(4)14-9-16-27(6)17-15-24-19-25(28)18-23(5)26(24)29-27/h10,12,14,18-19,28H,7-9,11,13,15-17H2,1-6H3/b21-12-,22-14+/t27-/m1/s1. The van der Waals surface area contributed by atoms with Crippen LogP contribution >= 0.6 is 0 Å². The topological polar surface area (TPSA) is 29.5 Å². The van der Waals surface area contributed by atoms with Gasteiger partial charge in [-0.1, -0.05) is 34.9 Å². The van der Waals surface area contributed by atoms with E-state index in [1.54, 1.807) is 6.07 Å². The van der Waals surface area contributed by atoms with Gasteiger partial charge in [0.25, 0.3) is 0 Å². The lowest BCUT2D eigenvalue weighted by Gasteiger charge is -2.36. The van der Waals surface area contributed by atoms with Gasteiger partial charge in [-0.2, -0.15) is 0 Å². The summed E-state index contributed by atoms with van der Waals surface area (Å²) in [5.74, 6) is 1.32. The van der Waals surface area contributed by atoms with Gasteiger partial charge in [0, 0.05) is 0 Å². The zero-order valence-electron chi connectivity index (χ0n) is 19.4. The third kappa shape index (κ3) is 7.76. The number of benzene rings is 1. The van der Waals surface area contributed by atoms with Crippen molar-refractivity contribution in [2.24, 2.45) is 0 Å². The summed E-state index contributed by atoms with van der Waals surface area (Å²) >= 11 is 0. The van der Waals surface area contributed by atoms with Crippen molar-refractivity contribution < 1.29 is 9.84 Å². The first-order valence-electron chi connectivity index (χ1n) is 11.1. The quantitative estimate of drug-likeness (QED) is 0.429. The molecule has 0 saturated carbocycles. The molecule has 0 bridgehead atoms. The van der Waals surface area contributed by atoms with Crippen molar-refractivity contribution in [2.45, 2.75) is 98.5 Å². The van der Waals surface area contributed by atoms with E-state index in [9.17, 15) is 5.11 Å². The number of aromatic hydroxyl groups is 1. The fourth-order valence-electron chi connectivity index (χ4n) is 3.99. The van der Waals surface area contributed by atoms with E-state index in [0.717, 1.165) is 61.8 Å². The highest BCUT2D eigenvalue weighted by atomic mass is 16.5. The first-order valence-corrected chi connectivity index (χ1v) is 11.1. The van der Waals surface area contributed by atoms with Gasteiger partial charge in [0.1, 0.15) is 17.1 Å². The van der Waals surface area contributed by atoms with E-state index in [0.29, 0.717) is 5.75 Å². The molecule has 0 radical (unpaired) electrons. The number of hydrogen-bond donors (Lipinski definition) is 1. The average Bonchev–Trinajstić information content (AvgIpc) is 2.62. The lowest BCUT2D eigenvalue weighted by atomic mass is 9.87. The zero-order valence-corrected chi connectivity index (χ0v) is 19.4. The largest absolute Gasteiger partial charge is 0.508 e. The number of aryl methyl sites for hydroxylation is 2. The highest BCUT2D eigenvalue weighted by Gasteiger charge is 2.31. The maximum absolute atomic E-state index is 9.80. The molecule has 0 aliphatic carbocycles. The molecule has 1 heterocycles. The maximum Gasteiger partial charge on any atom is 0.126 e. The number of rotatable bonds is 9. The van der Waals surface area contributed by atoms with E-state index in [2.05, 4.69) is 52.8 Å². The van der Waals surface area contributed by atoms with E-state index in [4.69, 9.17) is 4.74 Å². The van der Waals surface area contributed by atoms with Gasteiger partial charge in [0.2, 0.25) is 0 Å². The van der Waals surface area contributed by atoms with Crippen molar-refractivity contribution in [3.05, 3.63) is 58.2 Å². The molecule has 1 aromatic rings. The predicted molar refractivity (Wildman–Crippen MR) is 125 cm³/mol. The van der Waals surface area contributed by atoms with Gasteiger partial charge in [0.05, 0.1) is 0 Å². The van der Waals surface area contributed by atoms with E-state index >= 15 is 0 Å². The molecule has 1 aromatic carbocycles. The molecule has 1 N–H and O–H groups in total. The minimum absolute atomic E-state index is 0.118. The smallest absolute Gasteiger partial charge is 0.126 e. The molecular formula is C27H40O2. The fourth-order valence-corrected chi connectivity index (χ4v) is 3.99. The van der Waals surface area contributed by atoms with E-state index in [-0.39, 0.29) is 5.60 Å². The highest BCUT2D eigenvalue weighted by molar-refractivity contribution is 5.47. The summed E-state index contributed by atoms with van der Waals surface area (Å²) in [6.45, 7) is 13.1. The average molecular weight is 397 g/mol. The molecule has 0 fully saturated rings. The third-order valence-electron chi connectivity index (χ3n) is 5.90. The molecule has 0 saturated heterocycles. The SMILES string of the molecule is CC(C)=CCC/C(C)=C\CC/C(C)=C/CC[C@]1(C)CCc2cc(O)cc(C)c2O1. The minimum Gasteiger partial charge on any atom is -0.508 e. The molecule has 29 heavy (non-hydrogen) atoms. The molecule has 0 spiro atoms. The van der Waals surface area contributed by atoms with Crippen LogP contribution in [0.4, 0.5) is 0 Å². The van der Waals surface area contributed by atoms with Crippen molar-refractivity contribution >= 4 is 0 Å². The number of fused-ring (bicyclic) bond motifs is 1. The van der Waals surface area contributed by atoms with Gasteiger partial charge < -0.3 is 9.84 Å². The molecular weight excluding hydrogens is 356 g/mol. The van der Waals surface area contributed by atoms with Gasteiger partial charge in [-0.15, -0.1) is 0 Å². The van der Waals surface area contributed by atoms with Crippen LogP contribution in [-0.2, 0) is 6.42 Å². The first-order chi connectivity index (χ1) is 13.7. The molecule has 160 valence electrons. The summed E-state index contributed by atoms with van der Waals surface area (Å²) < 4.78 is 6.40. The molecule has 0 unspecified atom stereocenters. The summed E-state index contributed by atoms with van der Waals surface area (Å²) in [4.78, 5) is 0. The Balaban J connectivity index is 1.79. The van der Waals surface area contributed by atoms with Crippen molar-refractivity contribution in [1.82, 2.24) is 0 Å². The van der Waals surface area contributed by atoms with Crippen LogP contribution in [0.3, 0.4) is 0 Å². The molecule has 2 nitrogen and oxygen atoms in total. The van der Waals surface area contributed by atoms with E-state index in [1.807, 2.05) is 13.0 Å². The van der Waals surface area contributed by atoms with Gasteiger partial charge in [0.15, 0.2) is 0 Å². The normalized spacial score (nSPS) is 19.5. The summed E-state index contributed by atoms with van der Waals surface area (Å²) in [6.07, 6.45) is 15.8.